The fourth-order valence-corrected chi connectivity index (χ4v) is 2.11. The van der Waals surface area contributed by atoms with E-state index in [1.807, 2.05) is 48.6 Å². The Bertz CT molecular complexity index is 758. The van der Waals surface area contributed by atoms with Crippen LogP contribution in [0.2, 0.25) is 0 Å². The third kappa shape index (κ3) is 6.41. The smallest absolute Gasteiger partial charge is 0.266 e. The van der Waals surface area contributed by atoms with Crippen LogP contribution in [0.25, 0.3) is 6.08 Å². The van der Waals surface area contributed by atoms with E-state index in [1.165, 1.54) is 13.3 Å². The molecule has 6 heteroatoms. The summed E-state index contributed by atoms with van der Waals surface area (Å²) in [6.07, 6.45) is 5.46. The zero-order chi connectivity index (χ0) is 18.6. The van der Waals surface area contributed by atoms with E-state index in [-0.39, 0.29) is 12.5 Å². The number of nitrogens with zero attached hydrogens (tertiary/aromatic N) is 1. The minimum atomic E-state index is -0.319. The average Bonchev–Trinajstić information content (AvgIpc) is 2.67. The third-order valence-corrected chi connectivity index (χ3v) is 3.31. The fourth-order valence-electron chi connectivity index (χ4n) is 2.11. The summed E-state index contributed by atoms with van der Waals surface area (Å²) in [5, 5.41) is 3.86. The quantitative estimate of drug-likeness (QED) is 0.555. The first-order chi connectivity index (χ1) is 12.7. The minimum absolute atomic E-state index is 0.0378. The van der Waals surface area contributed by atoms with Gasteiger partial charge in [-0.3, -0.25) is 4.79 Å². The summed E-state index contributed by atoms with van der Waals surface area (Å²) >= 11 is 0. The fraction of sp³-hybridized carbons (Fsp3) is 0.200. The number of carbonyl (C=O) groups excluding carboxylic acids is 1. The monoisotopic (exact) mass is 354 g/mol. The molecule has 0 atom stereocenters. The molecule has 2 aromatic carbocycles. The molecule has 1 N–H and O–H groups in total. The third-order valence-electron chi connectivity index (χ3n) is 3.31. The first-order valence-electron chi connectivity index (χ1n) is 8.06. The van der Waals surface area contributed by atoms with E-state index in [1.54, 1.807) is 19.2 Å². The average molecular weight is 354 g/mol. The zero-order valence-corrected chi connectivity index (χ0v) is 14.8. The molecule has 0 aromatic heterocycles. The molecule has 0 heterocycles. The van der Waals surface area contributed by atoms with Crippen LogP contribution in [0, 0.1) is 0 Å². The molecule has 0 bridgehead atoms. The van der Waals surface area contributed by atoms with Gasteiger partial charge in [-0.25, -0.2) is 5.43 Å². The second-order valence-corrected chi connectivity index (χ2v) is 5.26. The van der Waals surface area contributed by atoms with Crippen molar-refractivity contribution in [3.8, 4) is 11.5 Å². The van der Waals surface area contributed by atoms with Gasteiger partial charge in [0.2, 0.25) is 0 Å². The predicted octanol–water partition coefficient (Wildman–Crippen LogP) is 2.88. The highest BCUT2D eigenvalue weighted by molar-refractivity contribution is 5.83. The van der Waals surface area contributed by atoms with Gasteiger partial charge >= 0.3 is 0 Å². The van der Waals surface area contributed by atoms with Gasteiger partial charge in [0.25, 0.3) is 5.91 Å². The number of benzene rings is 2. The Labute approximate surface area is 153 Å². The molecule has 6 nitrogen and oxygen atoms in total. The van der Waals surface area contributed by atoms with Crippen molar-refractivity contribution in [2.45, 2.75) is 0 Å². The second kappa shape index (κ2) is 10.7. The summed E-state index contributed by atoms with van der Waals surface area (Å²) in [6.45, 7) is 0.385. The van der Waals surface area contributed by atoms with Crippen molar-refractivity contribution in [1.82, 2.24) is 5.43 Å². The molecule has 0 spiro atoms. The Morgan fingerprint density at radius 1 is 1.08 bits per heavy atom. The number of hydrazone groups is 1. The van der Waals surface area contributed by atoms with Crippen molar-refractivity contribution >= 4 is 18.2 Å². The van der Waals surface area contributed by atoms with Crippen LogP contribution >= 0.6 is 0 Å². The molecule has 0 radical (unpaired) electrons. The molecule has 1 amide bonds. The largest absolute Gasteiger partial charge is 0.493 e. The van der Waals surface area contributed by atoms with E-state index in [9.17, 15) is 4.79 Å². The maximum Gasteiger partial charge on any atom is 0.266 e. The summed E-state index contributed by atoms with van der Waals surface area (Å²) in [4.78, 5) is 11.3. The lowest BCUT2D eigenvalue weighted by atomic mass is 10.2. The van der Waals surface area contributed by atoms with Gasteiger partial charge in [0.05, 0.1) is 13.3 Å². The van der Waals surface area contributed by atoms with Crippen LogP contribution in [0.4, 0.5) is 0 Å². The molecule has 0 aliphatic heterocycles. The first-order valence-corrected chi connectivity index (χ1v) is 8.06. The van der Waals surface area contributed by atoms with Crippen molar-refractivity contribution in [2.24, 2.45) is 5.10 Å². The maximum atomic E-state index is 11.3. The van der Waals surface area contributed by atoms with Gasteiger partial charge in [0, 0.05) is 7.11 Å². The van der Waals surface area contributed by atoms with Gasteiger partial charge in [-0.15, -0.1) is 0 Å². The standard InChI is InChI=1S/C20H22N2O4/c1-24-15-20(23)22-21-14-17-10-11-18(19(13-17)25-2)26-12-6-9-16-7-4-3-5-8-16/h3-11,13-14H,12,15H2,1-2H3,(H,22,23)/b9-6+,21-14+. The summed E-state index contributed by atoms with van der Waals surface area (Å²) in [5.41, 5.74) is 4.25. The molecule has 26 heavy (non-hydrogen) atoms. The van der Waals surface area contributed by atoms with Crippen LogP contribution < -0.4 is 14.9 Å². The van der Waals surface area contributed by atoms with Crippen LogP contribution in [0.3, 0.4) is 0 Å². The topological polar surface area (TPSA) is 69.2 Å². The number of carbonyl (C=O) groups is 1. The molecule has 2 rings (SSSR count). The van der Waals surface area contributed by atoms with E-state index >= 15 is 0 Å². The van der Waals surface area contributed by atoms with Crippen molar-refractivity contribution in [3.63, 3.8) is 0 Å². The Kier molecular flexibility index (Phi) is 7.89. The summed E-state index contributed by atoms with van der Waals surface area (Å²) < 4.78 is 15.8. The van der Waals surface area contributed by atoms with Gasteiger partial charge in [-0.1, -0.05) is 36.4 Å². The highest BCUT2D eigenvalue weighted by Gasteiger charge is 2.04. The van der Waals surface area contributed by atoms with E-state index < -0.39 is 0 Å². The summed E-state index contributed by atoms with van der Waals surface area (Å²) in [5.74, 6) is 0.900. The molecule has 136 valence electrons. The number of amides is 1. The van der Waals surface area contributed by atoms with Crippen molar-refractivity contribution < 1.29 is 19.0 Å². The normalized spacial score (nSPS) is 11.0. The lowest BCUT2D eigenvalue weighted by molar-refractivity contribution is -0.124. The van der Waals surface area contributed by atoms with E-state index in [4.69, 9.17) is 14.2 Å². The number of methoxy groups -OCH3 is 2. The van der Waals surface area contributed by atoms with Crippen molar-refractivity contribution in [1.29, 1.82) is 0 Å². The Balaban J connectivity index is 1.92. The van der Waals surface area contributed by atoms with E-state index in [0.717, 1.165) is 11.1 Å². The zero-order valence-electron chi connectivity index (χ0n) is 14.8. The molecule has 0 aliphatic carbocycles. The SMILES string of the molecule is COCC(=O)N/N=C/c1ccc(OC/C=C/c2ccccc2)c(OC)c1. The molecule has 0 unspecified atom stereocenters. The van der Waals surface area contributed by atoms with Gasteiger partial charge in [-0.2, -0.15) is 5.10 Å². The molecular formula is C20H22N2O4. The summed E-state index contributed by atoms with van der Waals surface area (Å²) in [7, 11) is 3.02. The summed E-state index contributed by atoms with van der Waals surface area (Å²) in [6, 6.07) is 15.4. The van der Waals surface area contributed by atoms with Crippen LogP contribution in [0.5, 0.6) is 11.5 Å². The first kappa shape index (κ1) is 19.2. The van der Waals surface area contributed by atoms with E-state index in [0.29, 0.717) is 18.1 Å². The van der Waals surface area contributed by atoms with E-state index in [2.05, 4.69) is 10.5 Å². The molecule has 0 aliphatic rings. The number of hydrogen-bond acceptors (Lipinski definition) is 5. The molecule has 2 aromatic rings. The van der Waals surface area contributed by atoms with Crippen molar-refractivity contribution in [3.05, 3.63) is 65.7 Å². The molecule has 0 saturated heterocycles. The van der Waals surface area contributed by atoms with Crippen LogP contribution in [0.1, 0.15) is 11.1 Å². The number of ether oxygens (including phenoxy) is 3. The number of nitrogens with one attached hydrogen (secondary N) is 1. The predicted molar refractivity (Wildman–Crippen MR) is 102 cm³/mol. The van der Waals surface area contributed by atoms with Crippen LogP contribution in [-0.4, -0.2) is 39.6 Å². The van der Waals surface area contributed by atoms with Crippen molar-refractivity contribution in [2.75, 3.05) is 27.4 Å². The lowest BCUT2D eigenvalue weighted by Gasteiger charge is -2.09. The van der Waals surface area contributed by atoms with Gasteiger partial charge in [0.15, 0.2) is 11.5 Å². The number of hydrogen-bond donors (Lipinski definition) is 1. The van der Waals surface area contributed by atoms with Crippen LogP contribution in [0.15, 0.2) is 59.7 Å². The van der Waals surface area contributed by atoms with Gasteiger partial charge < -0.3 is 14.2 Å². The second-order valence-electron chi connectivity index (χ2n) is 5.26. The van der Waals surface area contributed by atoms with Gasteiger partial charge in [-0.05, 0) is 35.4 Å². The minimum Gasteiger partial charge on any atom is -0.493 e. The highest BCUT2D eigenvalue weighted by atomic mass is 16.5. The molecule has 0 fully saturated rings. The Morgan fingerprint density at radius 3 is 2.62 bits per heavy atom. The van der Waals surface area contributed by atoms with Gasteiger partial charge in [0.1, 0.15) is 13.2 Å². The number of rotatable bonds is 9. The molecule has 0 saturated carbocycles. The van der Waals surface area contributed by atoms with Crippen LogP contribution in [-0.2, 0) is 9.53 Å². The lowest BCUT2D eigenvalue weighted by Crippen LogP contribution is -2.22. The molecular weight excluding hydrogens is 332 g/mol. The Hall–Kier alpha value is -3.12. The Morgan fingerprint density at radius 2 is 1.88 bits per heavy atom. The maximum absolute atomic E-state index is 11.3. The highest BCUT2D eigenvalue weighted by Crippen LogP contribution is 2.27.